The Kier molecular flexibility index (Phi) is 4.88. The van der Waals surface area contributed by atoms with Crippen molar-refractivity contribution in [1.29, 1.82) is 0 Å². The van der Waals surface area contributed by atoms with E-state index < -0.39 is 4.33 Å². The SMILES string of the molecule is CC[C@@H]1C(=O)C(Cl)(Cl)[C@H]1OCCCc1ccccc1. The van der Waals surface area contributed by atoms with Crippen LogP contribution in [0.3, 0.4) is 0 Å². The molecule has 2 rings (SSSR count). The molecule has 1 aromatic carbocycles. The number of aryl methyl sites for hydroxylation is 1. The van der Waals surface area contributed by atoms with Crippen molar-refractivity contribution in [3.8, 4) is 0 Å². The molecule has 0 heterocycles. The first kappa shape index (κ1) is 14.8. The number of halogens is 2. The summed E-state index contributed by atoms with van der Waals surface area (Å²) in [7, 11) is 0. The van der Waals surface area contributed by atoms with Crippen LogP contribution in [-0.4, -0.2) is 22.8 Å². The van der Waals surface area contributed by atoms with Crippen LogP contribution in [0.25, 0.3) is 0 Å². The van der Waals surface area contributed by atoms with Crippen molar-refractivity contribution < 1.29 is 9.53 Å². The van der Waals surface area contributed by atoms with Crippen LogP contribution in [0.4, 0.5) is 0 Å². The molecule has 0 unspecified atom stereocenters. The molecule has 1 aliphatic rings. The molecule has 0 amide bonds. The van der Waals surface area contributed by atoms with Crippen LogP contribution in [0.15, 0.2) is 30.3 Å². The van der Waals surface area contributed by atoms with E-state index in [-0.39, 0.29) is 17.8 Å². The van der Waals surface area contributed by atoms with Gasteiger partial charge in [-0.2, -0.15) is 0 Å². The Labute approximate surface area is 124 Å². The smallest absolute Gasteiger partial charge is 0.202 e. The van der Waals surface area contributed by atoms with Gasteiger partial charge in [0.15, 0.2) is 5.78 Å². The van der Waals surface area contributed by atoms with Gasteiger partial charge < -0.3 is 4.74 Å². The summed E-state index contributed by atoms with van der Waals surface area (Å²) in [5.74, 6) is -0.252. The van der Waals surface area contributed by atoms with Crippen molar-refractivity contribution in [2.75, 3.05) is 6.61 Å². The summed E-state index contributed by atoms with van der Waals surface area (Å²) in [5.41, 5.74) is 1.28. The van der Waals surface area contributed by atoms with E-state index in [1.54, 1.807) is 0 Å². The number of carbonyl (C=O) groups is 1. The summed E-state index contributed by atoms with van der Waals surface area (Å²) in [5, 5.41) is 0. The van der Waals surface area contributed by atoms with Gasteiger partial charge in [-0.05, 0) is 24.8 Å². The van der Waals surface area contributed by atoms with E-state index in [9.17, 15) is 4.79 Å². The summed E-state index contributed by atoms with van der Waals surface area (Å²) in [6.07, 6.45) is 2.22. The van der Waals surface area contributed by atoms with Gasteiger partial charge in [-0.25, -0.2) is 0 Å². The fourth-order valence-electron chi connectivity index (χ4n) is 2.43. The van der Waals surface area contributed by atoms with Crippen molar-refractivity contribution in [3.63, 3.8) is 0 Å². The van der Waals surface area contributed by atoms with E-state index in [1.807, 2.05) is 25.1 Å². The molecule has 2 nitrogen and oxygen atoms in total. The molecule has 1 saturated carbocycles. The van der Waals surface area contributed by atoms with Crippen molar-refractivity contribution in [3.05, 3.63) is 35.9 Å². The average molecular weight is 301 g/mol. The molecular weight excluding hydrogens is 283 g/mol. The predicted octanol–water partition coefficient (Wildman–Crippen LogP) is 3.79. The summed E-state index contributed by atoms with van der Waals surface area (Å²) < 4.78 is 4.36. The Morgan fingerprint density at radius 2 is 1.95 bits per heavy atom. The maximum absolute atomic E-state index is 11.6. The third-order valence-electron chi connectivity index (χ3n) is 3.58. The van der Waals surface area contributed by atoms with Crippen molar-refractivity contribution in [2.45, 2.75) is 36.6 Å². The predicted molar refractivity (Wildman–Crippen MR) is 77.7 cm³/mol. The van der Waals surface area contributed by atoms with Crippen LogP contribution in [-0.2, 0) is 16.0 Å². The highest BCUT2D eigenvalue weighted by molar-refractivity contribution is 6.61. The van der Waals surface area contributed by atoms with E-state index in [0.717, 1.165) is 19.3 Å². The monoisotopic (exact) mass is 300 g/mol. The second-order valence-electron chi connectivity index (χ2n) is 4.88. The lowest BCUT2D eigenvalue weighted by Crippen LogP contribution is -2.61. The number of carbonyl (C=O) groups excluding carboxylic acids is 1. The minimum Gasteiger partial charge on any atom is -0.374 e. The molecule has 104 valence electrons. The first-order chi connectivity index (χ1) is 9.07. The van der Waals surface area contributed by atoms with Crippen molar-refractivity contribution >= 4 is 29.0 Å². The van der Waals surface area contributed by atoms with Gasteiger partial charge in [0.25, 0.3) is 0 Å². The first-order valence-corrected chi connectivity index (χ1v) is 7.40. The molecule has 1 aromatic rings. The molecule has 0 aromatic heterocycles. The molecule has 19 heavy (non-hydrogen) atoms. The molecule has 0 bridgehead atoms. The van der Waals surface area contributed by atoms with Gasteiger partial charge in [0.05, 0.1) is 5.92 Å². The van der Waals surface area contributed by atoms with Crippen LogP contribution < -0.4 is 0 Å². The molecule has 1 fully saturated rings. The maximum Gasteiger partial charge on any atom is 0.202 e. The fraction of sp³-hybridized carbons (Fsp3) is 0.533. The van der Waals surface area contributed by atoms with E-state index in [0.29, 0.717) is 6.61 Å². The van der Waals surface area contributed by atoms with Gasteiger partial charge in [-0.15, -0.1) is 0 Å². The Bertz CT molecular complexity index is 431. The van der Waals surface area contributed by atoms with Crippen LogP contribution in [0.5, 0.6) is 0 Å². The van der Waals surface area contributed by atoms with E-state index >= 15 is 0 Å². The topological polar surface area (TPSA) is 26.3 Å². The Hall–Kier alpha value is -0.570. The first-order valence-electron chi connectivity index (χ1n) is 6.65. The molecule has 1 aliphatic carbocycles. The summed E-state index contributed by atoms with van der Waals surface area (Å²) >= 11 is 12.0. The highest BCUT2D eigenvalue weighted by Crippen LogP contribution is 2.46. The van der Waals surface area contributed by atoms with Gasteiger partial charge in [-0.3, -0.25) is 4.79 Å². The standard InChI is InChI=1S/C15H18Cl2O2/c1-2-12-13(18)15(16,17)14(12)19-10-6-9-11-7-4-3-5-8-11/h3-5,7-8,12,14H,2,6,9-10H2,1H3/t12-,14+/m1/s1. The Balaban J connectivity index is 1.75. The lowest BCUT2D eigenvalue weighted by molar-refractivity contribution is -0.147. The quantitative estimate of drug-likeness (QED) is 0.590. The number of ether oxygens (including phenoxy) is 1. The normalized spacial score (nSPS) is 25.1. The van der Waals surface area contributed by atoms with E-state index in [2.05, 4.69) is 12.1 Å². The number of benzene rings is 1. The highest BCUT2D eigenvalue weighted by atomic mass is 35.5. The van der Waals surface area contributed by atoms with E-state index in [1.165, 1.54) is 5.56 Å². The second-order valence-corrected chi connectivity index (χ2v) is 6.27. The van der Waals surface area contributed by atoms with Crippen LogP contribution in [0, 0.1) is 5.92 Å². The molecule has 0 spiro atoms. The number of ketones is 1. The number of hydrogen-bond donors (Lipinski definition) is 0. The lowest BCUT2D eigenvalue weighted by Gasteiger charge is -2.44. The van der Waals surface area contributed by atoms with Gasteiger partial charge in [0.1, 0.15) is 6.10 Å². The van der Waals surface area contributed by atoms with Crippen molar-refractivity contribution in [2.24, 2.45) is 5.92 Å². The Morgan fingerprint density at radius 1 is 1.26 bits per heavy atom. The van der Waals surface area contributed by atoms with Crippen LogP contribution in [0.2, 0.25) is 0 Å². The zero-order chi connectivity index (χ0) is 13.9. The summed E-state index contributed by atoms with van der Waals surface area (Å²) in [6, 6.07) is 10.2. The maximum atomic E-state index is 11.6. The largest absolute Gasteiger partial charge is 0.374 e. The number of hydrogen-bond acceptors (Lipinski definition) is 2. The molecule has 0 aliphatic heterocycles. The molecule has 0 saturated heterocycles. The summed E-state index contributed by atoms with van der Waals surface area (Å²) in [4.78, 5) is 11.6. The average Bonchev–Trinajstić information content (AvgIpc) is 2.43. The Morgan fingerprint density at radius 3 is 2.58 bits per heavy atom. The molecule has 0 radical (unpaired) electrons. The van der Waals surface area contributed by atoms with Crippen LogP contribution in [0.1, 0.15) is 25.3 Å². The third kappa shape index (κ3) is 3.13. The van der Waals surface area contributed by atoms with Gasteiger partial charge in [-0.1, -0.05) is 60.5 Å². The zero-order valence-corrected chi connectivity index (χ0v) is 12.5. The summed E-state index contributed by atoms with van der Waals surface area (Å²) in [6.45, 7) is 2.52. The molecule has 2 atom stereocenters. The number of alkyl halides is 2. The lowest BCUT2D eigenvalue weighted by atomic mass is 9.77. The minimum atomic E-state index is -1.34. The van der Waals surface area contributed by atoms with Crippen LogP contribution >= 0.6 is 23.2 Å². The van der Waals surface area contributed by atoms with Gasteiger partial charge in [0, 0.05) is 6.61 Å². The highest BCUT2D eigenvalue weighted by Gasteiger charge is 2.60. The number of Topliss-reactive ketones (excluding diaryl/α,β-unsaturated/α-hetero) is 1. The van der Waals surface area contributed by atoms with Gasteiger partial charge >= 0.3 is 0 Å². The van der Waals surface area contributed by atoms with Gasteiger partial charge in [0.2, 0.25) is 4.33 Å². The van der Waals surface area contributed by atoms with E-state index in [4.69, 9.17) is 27.9 Å². The van der Waals surface area contributed by atoms with Crippen molar-refractivity contribution in [1.82, 2.24) is 0 Å². The minimum absolute atomic E-state index is 0.105. The zero-order valence-electron chi connectivity index (χ0n) is 10.9. The number of rotatable bonds is 6. The molecule has 0 N–H and O–H groups in total. The molecular formula is C15H18Cl2O2. The third-order valence-corrected chi connectivity index (χ3v) is 4.38. The second kappa shape index (κ2) is 6.25. The fourth-order valence-corrected chi connectivity index (χ4v) is 3.14. The molecule has 4 heteroatoms.